The van der Waals surface area contributed by atoms with Gasteiger partial charge in [-0.15, -0.1) is 0 Å². The Hall–Kier alpha value is -3.76. The molecule has 0 saturated heterocycles. The summed E-state index contributed by atoms with van der Waals surface area (Å²) in [6.45, 7) is 6.02. The third kappa shape index (κ3) is 7.80. The van der Waals surface area contributed by atoms with E-state index in [4.69, 9.17) is 10.7 Å². The number of rotatable bonds is 16. The molecule has 0 aliphatic carbocycles. The molecule has 3 atom stereocenters. The van der Waals surface area contributed by atoms with Crippen molar-refractivity contribution in [3.8, 4) is 0 Å². The van der Waals surface area contributed by atoms with Crippen LogP contribution >= 0.6 is 0 Å². The van der Waals surface area contributed by atoms with E-state index >= 15 is 4.39 Å². The minimum atomic E-state index is -1.75. The van der Waals surface area contributed by atoms with E-state index in [2.05, 4.69) is 11.4 Å². The maximum absolute atomic E-state index is 15.2. The molecule has 232 valence electrons. The van der Waals surface area contributed by atoms with Gasteiger partial charge >= 0.3 is 5.69 Å². The number of nitrogens with zero attached hydrogens (tertiary/aromatic N) is 4. The molecule has 4 rings (SSSR count). The summed E-state index contributed by atoms with van der Waals surface area (Å²) in [5.41, 5.74) is 7.93. The normalized spacial score (nSPS) is 13.8. The molecule has 0 saturated carbocycles. The highest BCUT2D eigenvalue weighted by Crippen LogP contribution is 2.22. The number of nitrogen functional groups attached to an aromatic ring is 1. The molecule has 0 bridgehead atoms. The second-order valence-corrected chi connectivity index (χ2v) is 11.2. The van der Waals surface area contributed by atoms with Crippen molar-refractivity contribution in [2.45, 2.75) is 97.2 Å². The maximum Gasteiger partial charge on any atom is 0.335 e. The summed E-state index contributed by atoms with van der Waals surface area (Å²) in [6.07, 6.45) is 2.66. The fourth-order valence-corrected chi connectivity index (χ4v) is 5.47. The van der Waals surface area contributed by atoms with Crippen LogP contribution in [0.5, 0.6) is 0 Å². The number of alkyl halides is 1. The van der Waals surface area contributed by atoms with Gasteiger partial charge in [0, 0.05) is 25.2 Å². The molecule has 0 fully saturated rings. The average Bonchev–Trinajstić information content (AvgIpc) is 3.38. The second-order valence-electron chi connectivity index (χ2n) is 11.2. The van der Waals surface area contributed by atoms with Crippen molar-refractivity contribution < 1.29 is 9.50 Å². The van der Waals surface area contributed by atoms with E-state index in [1.165, 1.54) is 10.1 Å². The zero-order valence-electron chi connectivity index (χ0n) is 25.5. The predicted octanol–water partition coefficient (Wildman–Crippen LogP) is 5.09. The first-order chi connectivity index (χ1) is 20.7. The van der Waals surface area contributed by atoms with Crippen LogP contribution in [-0.4, -0.2) is 36.4 Å². The van der Waals surface area contributed by atoms with Gasteiger partial charge in [-0.05, 0) is 62.3 Å². The van der Waals surface area contributed by atoms with Gasteiger partial charge in [-0.3, -0.25) is 14.7 Å². The number of benzene rings is 2. The summed E-state index contributed by atoms with van der Waals surface area (Å²) < 4.78 is 19.2. The monoisotopic (exact) mass is 592 g/mol. The number of aryl methyl sites for hydroxylation is 2. The van der Waals surface area contributed by atoms with Crippen LogP contribution in [0.25, 0.3) is 11.2 Å². The number of nitrogens with one attached hydrogen (secondary N) is 1. The standard InChI is InChI=1S/C33H45FN6O3/c1-4-27(41)22-36-23(3)39-29(21-25-15-10-8-11-16-25)37-31-30(39)32(42)40(28(34)5-2)33(43)38(31)19-12-7-6-9-14-24-17-13-18-26(35)20-24/h8,10-11,13,15-18,20,23,27-28,36,41H,4-7,9,12,14,19,21-22,35H2,1-3H3. The SMILES string of the molecule is CCC(O)CNC(C)n1c(Cc2ccccc2)nc2c1c(=O)n(C(F)CC)c(=O)n2CCCCCCc1cccc(N)c1. The first-order valence-electron chi connectivity index (χ1n) is 15.4. The Labute approximate surface area is 252 Å². The molecule has 9 nitrogen and oxygen atoms in total. The van der Waals surface area contributed by atoms with E-state index in [1.807, 2.05) is 62.4 Å². The Balaban J connectivity index is 1.69. The minimum absolute atomic E-state index is 0.00778. The smallest absolute Gasteiger partial charge is 0.335 e. The maximum atomic E-state index is 15.2. The van der Waals surface area contributed by atoms with Crippen molar-refractivity contribution in [1.82, 2.24) is 24.0 Å². The summed E-state index contributed by atoms with van der Waals surface area (Å²) in [5.74, 6) is 0.587. The van der Waals surface area contributed by atoms with Crippen LogP contribution in [0.15, 0.2) is 64.2 Å². The van der Waals surface area contributed by atoms with Gasteiger partial charge in [-0.25, -0.2) is 18.7 Å². The number of imidazole rings is 1. The van der Waals surface area contributed by atoms with E-state index in [0.717, 1.165) is 41.5 Å². The molecule has 0 spiro atoms. The Morgan fingerprint density at radius 2 is 1.67 bits per heavy atom. The number of halogens is 1. The highest BCUT2D eigenvalue weighted by molar-refractivity contribution is 5.71. The highest BCUT2D eigenvalue weighted by Gasteiger charge is 2.26. The number of fused-ring (bicyclic) bond motifs is 1. The van der Waals surface area contributed by atoms with Gasteiger partial charge < -0.3 is 15.4 Å². The summed E-state index contributed by atoms with van der Waals surface area (Å²) >= 11 is 0. The number of nitrogens with two attached hydrogens (primary N) is 1. The zero-order valence-corrected chi connectivity index (χ0v) is 25.5. The molecule has 0 radical (unpaired) electrons. The van der Waals surface area contributed by atoms with Gasteiger partial charge in [0.1, 0.15) is 5.82 Å². The number of hydrogen-bond donors (Lipinski definition) is 3. The number of hydrogen-bond acceptors (Lipinski definition) is 6. The second kappa shape index (κ2) is 15.1. The number of aliphatic hydroxyl groups excluding tert-OH is 1. The topological polar surface area (TPSA) is 120 Å². The zero-order chi connectivity index (χ0) is 30.9. The van der Waals surface area contributed by atoms with Crippen LogP contribution in [0.3, 0.4) is 0 Å². The Morgan fingerprint density at radius 1 is 0.953 bits per heavy atom. The number of unbranched alkanes of at least 4 members (excludes halogenated alkanes) is 3. The molecule has 43 heavy (non-hydrogen) atoms. The Bertz CT molecular complexity index is 1600. The van der Waals surface area contributed by atoms with E-state index in [-0.39, 0.29) is 17.6 Å². The molecular formula is C33H45FN6O3. The molecular weight excluding hydrogens is 547 g/mol. The van der Waals surface area contributed by atoms with E-state index in [0.29, 0.717) is 38.2 Å². The molecule has 10 heteroatoms. The molecule has 4 aromatic rings. The number of aromatic nitrogens is 4. The lowest BCUT2D eigenvalue weighted by atomic mass is 10.1. The molecule has 0 aliphatic heterocycles. The van der Waals surface area contributed by atoms with Crippen molar-refractivity contribution in [2.75, 3.05) is 12.3 Å². The summed E-state index contributed by atoms with van der Waals surface area (Å²) in [6, 6.07) is 17.7. The van der Waals surface area contributed by atoms with Gasteiger partial charge in [0.15, 0.2) is 17.5 Å². The molecule has 2 aromatic carbocycles. The number of aliphatic hydroxyl groups is 1. The lowest BCUT2D eigenvalue weighted by Gasteiger charge is -2.21. The molecule has 0 aliphatic rings. The van der Waals surface area contributed by atoms with Crippen LogP contribution in [0.4, 0.5) is 10.1 Å². The Morgan fingerprint density at radius 3 is 2.37 bits per heavy atom. The van der Waals surface area contributed by atoms with Crippen molar-refractivity contribution in [1.29, 1.82) is 0 Å². The van der Waals surface area contributed by atoms with Gasteiger partial charge in [-0.2, -0.15) is 0 Å². The summed E-state index contributed by atoms with van der Waals surface area (Å²) in [5, 5.41) is 13.5. The highest BCUT2D eigenvalue weighted by atomic mass is 19.1. The number of anilines is 1. The van der Waals surface area contributed by atoms with Crippen molar-refractivity contribution in [3.05, 3.63) is 92.4 Å². The molecule has 4 N–H and O–H groups in total. The first kappa shape index (κ1) is 32.2. The minimum Gasteiger partial charge on any atom is -0.399 e. The third-order valence-corrected chi connectivity index (χ3v) is 7.96. The lowest BCUT2D eigenvalue weighted by molar-refractivity contribution is 0.159. The van der Waals surface area contributed by atoms with E-state index in [9.17, 15) is 14.7 Å². The van der Waals surface area contributed by atoms with Crippen molar-refractivity contribution >= 4 is 16.9 Å². The van der Waals surface area contributed by atoms with E-state index in [1.54, 1.807) is 11.5 Å². The van der Waals surface area contributed by atoms with Crippen LogP contribution in [-0.2, 0) is 19.4 Å². The lowest BCUT2D eigenvalue weighted by Crippen LogP contribution is -2.42. The molecule has 2 heterocycles. The quantitative estimate of drug-likeness (QED) is 0.123. The fraction of sp³-hybridized carbons (Fsp3) is 0.485. The van der Waals surface area contributed by atoms with Gasteiger partial charge in [0.2, 0.25) is 0 Å². The average molecular weight is 593 g/mol. The largest absolute Gasteiger partial charge is 0.399 e. The molecule has 3 unspecified atom stereocenters. The van der Waals surface area contributed by atoms with Gasteiger partial charge in [0.25, 0.3) is 5.56 Å². The van der Waals surface area contributed by atoms with Gasteiger partial charge in [-0.1, -0.05) is 69.2 Å². The van der Waals surface area contributed by atoms with Crippen molar-refractivity contribution in [3.63, 3.8) is 0 Å². The molecule has 0 amide bonds. The van der Waals surface area contributed by atoms with Crippen molar-refractivity contribution in [2.24, 2.45) is 0 Å². The Kier molecular flexibility index (Phi) is 11.3. The van der Waals surface area contributed by atoms with Crippen LogP contribution in [0, 0.1) is 0 Å². The van der Waals surface area contributed by atoms with Gasteiger partial charge in [0.05, 0.1) is 12.3 Å². The summed E-state index contributed by atoms with van der Waals surface area (Å²) in [7, 11) is 0. The van der Waals surface area contributed by atoms with Crippen LogP contribution in [0.2, 0.25) is 0 Å². The van der Waals surface area contributed by atoms with E-state index < -0.39 is 29.8 Å². The first-order valence-corrected chi connectivity index (χ1v) is 15.4. The summed E-state index contributed by atoms with van der Waals surface area (Å²) in [4.78, 5) is 32.3. The third-order valence-electron chi connectivity index (χ3n) is 7.96. The predicted molar refractivity (Wildman–Crippen MR) is 170 cm³/mol. The fourth-order valence-electron chi connectivity index (χ4n) is 5.47. The molecule has 2 aromatic heterocycles. The van der Waals surface area contributed by atoms with Crippen LogP contribution < -0.4 is 22.3 Å². The van der Waals surface area contributed by atoms with Crippen LogP contribution in [0.1, 0.15) is 88.7 Å².